The Morgan fingerprint density at radius 2 is 1.78 bits per heavy atom. The smallest absolute Gasteiger partial charge is 0.274 e. The summed E-state index contributed by atoms with van der Waals surface area (Å²) in [5.74, 6) is 0.510. The number of aromatic nitrogens is 2. The minimum Gasteiger partial charge on any atom is -0.334 e. The van der Waals surface area contributed by atoms with E-state index in [2.05, 4.69) is 46.1 Å². The van der Waals surface area contributed by atoms with Crippen molar-refractivity contribution >= 4 is 5.91 Å². The lowest BCUT2D eigenvalue weighted by molar-refractivity contribution is 0.0590. The van der Waals surface area contributed by atoms with Gasteiger partial charge in [-0.05, 0) is 75.2 Å². The molecule has 1 aromatic heterocycles. The number of hydrogen-bond donors (Lipinski definition) is 0. The Balaban J connectivity index is 1.35. The Bertz CT molecular complexity index is 972. The lowest BCUT2D eigenvalue weighted by Gasteiger charge is -2.37. The van der Waals surface area contributed by atoms with Crippen LogP contribution in [0.4, 0.5) is 0 Å². The van der Waals surface area contributed by atoms with Crippen molar-refractivity contribution in [1.82, 2.24) is 19.6 Å². The van der Waals surface area contributed by atoms with Crippen LogP contribution in [-0.4, -0.2) is 57.7 Å². The van der Waals surface area contributed by atoms with Gasteiger partial charge >= 0.3 is 0 Å². The maximum absolute atomic E-state index is 13.4. The first-order chi connectivity index (χ1) is 15.5. The fraction of sp³-hybridized carbons (Fsp3) is 0.577. The van der Waals surface area contributed by atoms with Gasteiger partial charge in [-0.15, -0.1) is 0 Å². The van der Waals surface area contributed by atoms with Crippen LogP contribution < -0.4 is 5.56 Å². The standard InChI is InChI=1S/C26H36N4O2/c1-20-7-3-4-8-22(20)15-18-29-16-13-21(14-17-29)19-30(23-9-5-6-10-23)26(32)24-11-12-25(31)28(2)27-24/h3-4,7-8,11-12,21,23H,5-6,9-10,13-19H2,1-2H3. The Morgan fingerprint density at radius 3 is 2.47 bits per heavy atom. The summed E-state index contributed by atoms with van der Waals surface area (Å²) >= 11 is 0. The Morgan fingerprint density at radius 1 is 1.06 bits per heavy atom. The van der Waals surface area contributed by atoms with Gasteiger partial charge in [-0.1, -0.05) is 37.1 Å². The zero-order chi connectivity index (χ0) is 22.5. The van der Waals surface area contributed by atoms with Crippen LogP contribution in [0.15, 0.2) is 41.2 Å². The predicted molar refractivity (Wildman–Crippen MR) is 127 cm³/mol. The molecule has 1 aromatic carbocycles. The normalized spacial score (nSPS) is 18.2. The molecule has 1 saturated heterocycles. The van der Waals surface area contributed by atoms with Crippen molar-refractivity contribution in [3.8, 4) is 0 Å². The van der Waals surface area contributed by atoms with Crippen molar-refractivity contribution in [1.29, 1.82) is 0 Å². The van der Waals surface area contributed by atoms with E-state index in [1.165, 1.54) is 34.7 Å². The molecule has 0 radical (unpaired) electrons. The van der Waals surface area contributed by atoms with Crippen LogP contribution in [0, 0.1) is 12.8 Å². The highest BCUT2D eigenvalue weighted by atomic mass is 16.2. The highest BCUT2D eigenvalue weighted by molar-refractivity contribution is 5.92. The molecule has 172 valence electrons. The summed E-state index contributed by atoms with van der Waals surface area (Å²) in [6.45, 7) is 6.29. The number of benzene rings is 1. The molecule has 0 bridgehead atoms. The molecule has 2 aliphatic rings. The van der Waals surface area contributed by atoms with E-state index in [-0.39, 0.29) is 11.5 Å². The molecule has 0 N–H and O–H groups in total. The van der Waals surface area contributed by atoms with Crippen molar-refractivity contribution in [3.63, 3.8) is 0 Å². The van der Waals surface area contributed by atoms with Gasteiger partial charge < -0.3 is 9.80 Å². The number of amides is 1. The van der Waals surface area contributed by atoms with Crippen molar-refractivity contribution in [3.05, 3.63) is 63.6 Å². The lowest BCUT2D eigenvalue weighted by atomic mass is 9.94. The zero-order valence-electron chi connectivity index (χ0n) is 19.5. The maximum atomic E-state index is 13.4. The quantitative estimate of drug-likeness (QED) is 0.667. The summed E-state index contributed by atoms with van der Waals surface area (Å²) in [5, 5.41) is 4.24. The van der Waals surface area contributed by atoms with Gasteiger partial charge in [-0.25, -0.2) is 4.68 Å². The number of carbonyl (C=O) groups is 1. The molecule has 0 spiro atoms. The third kappa shape index (κ3) is 5.47. The largest absolute Gasteiger partial charge is 0.334 e. The molecular weight excluding hydrogens is 400 g/mol. The third-order valence-electron chi connectivity index (χ3n) is 7.33. The van der Waals surface area contributed by atoms with E-state index in [1.54, 1.807) is 13.1 Å². The van der Waals surface area contributed by atoms with Crippen LogP contribution in [-0.2, 0) is 13.5 Å². The Labute approximate surface area is 191 Å². The molecule has 1 saturated carbocycles. The van der Waals surface area contributed by atoms with Crippen LogP contribution in [0.2, 0.25) is 0 Å². The van der Waals surface area contributed by atoms with Gasteiger partial charge in [-0.3, -0.25) is 9.59 Å². The number of nitrogens with zero attached hydrogens (tertiary/aromatic N) is 4. The molecule has 1 aliphatic carbocycles. The van der Waals surface area contributed by atoms with Gasteiger partial charge in [0.25, 0.3) is 11.5 Å². The van der Waals surface area contributed by atoms with Crippen LogP contribution in [0.3, 0.4) is 0 Å². The molecule has 0 unspecified atom stereocenters. The minimum atomic E-state index is -0.188. The summed E-state index contributed by atoms with van der Waals surface area (Å²) in [6, 6.07) is 12.0. The summed E-state index contributed by atoms with van der Waals surface area (Å²) in [4.78, 5) is 29.7. The molecule has 2 heterocycles. The van der Waals surface area contributed by atoms with Crippen molar-refractivity contribution in [2.75, 3.05) is 26.2 Å². The first kappa shape index (κ1) is 22.7. The van der Waals surface area contributed by atoms with Crippen LogP contribution >= 0.6 is 0 Å². The number of carbonyl (C=O) groups excluding carboxylic acids is 1. The van der Waals surface area contributed by atoms with Gasteiger partial charge in [0.15, 0.2) is 0 Å². The highest BCUT2D eigenvalue weighted by Crippen LogP contribution is 2.28. The van der Waals surface area contributed by atoms with Gasteiger partial charge in [0, 0.05) is 32.2 Å². The molecule has 1 amide bonds. The monoisotopic (exact) mass is 436 g/mol. The van der Waals surface area contributed by atoms with Gasteiger partial charge in [0.05, 0.1) is 0 Å². The Hall–Kier alpha value is -2.47. The second kappa shape index (κ2) is 10.4. The second-order valence-electron chi connectivity index (χ2n) is 9.54. The first-order valence-electron chi connectivity index (χ1n) is 12.1. The van der Waals surface area contributed by atoms with E-state index in [1.807, 2.05) is 0 Å². The van der Waals surface area contributed by atoms with Crippen LogP contribution in [0.25, 0.3) is 0 Å². The fourth-order valence-corrected chi connectivity index (χ4v) is 5.22. The summed E-state index contributed by atoms with van der Waals surface area (Å²) in [6.07, 6.45) is 7.89. The molecule has 6 heteroatoms. The van der Waals surface area contributed by atoms with Crippen molar-refractivity contribution in [2.45, 2.75) is 57.9 Å². The second-order valence-corrected chi connectivity index (χ2v) is 9.54. The molecule has 6 nitrogen and oxygen atoms in total. The fourth-order valence-electron chi connectivity index (χ4n) is 5.22. The number of likely N-dealkylation sites (tertiary alicyclic amines) is 1. The Kier molecular flexibility index (Phi) is 7.40. The molecule has 2 fully saturated rings. The van der Waals surface area contributed by atoms with Gasteiger partial charge in [0.1, 0.15) is 5.69 Å². The molecule has 32 heavy (non-hydrogen) atoms. The average Bonchev–Trinajstić information content (AvgIpc) is 3.34. The van der Waals surface area contributed by atoms with Crippen molar-refractivity contribution < 1.29 is 4.79 Å². The molecule has 0 atom stereocenters. The van der Waals surface area contributed by atoms with E-state index in [9.17, 15) is 9.59 Å². The molecule has 1 aliphatic heterocycles. The molecular formula is C26H36N4O2. The van der Waals surface area contributed by atoms with E-state index in [0.29, 0.717) is 17.7 Å². The first-order valence-corrected chi connectivity index (χ1v) is 12.1. The number of piperidine rings is 1. The van der Waals surface area contributed by atoms with E-state index < -0.39 is 0 Å². The third-order valence-corrected chi connectivity index (χ3v) is 7.33. The maximum Gasteiger partial charge on any atom is 0.274 e. The highest BCUT2D eigenvalue weighted by Gasteiger charge is 2.31. The van der Waals surface area contributed by atoms with E-state index in [4.69, 9.17) is 0 Å². The van der Waals surface area contributed by atoms with E-state index in [0.717, 1.165) is 58.3 Å². The van der Waals surface area contributed by atoms with Crippen molar-refractivity contribution in [2.24, 2.45) is 13.0 Å². The zero-order valence-corrected chi connectivity index (χ0v) is 19.5. The van der Waals surface area contributed by atoms with E-state index >= 15 is 0 Å². The van der Waals surface area contributed by atoms with Gasteiger partial charge in [-0.2, -0.15) is 5.10 Å². The number of aryl methyl sites for hydroxylation is 2. The summed E-state index contributed by atoms with van der Waals surface area (Å²) in [7, 11) is 1.60. The molecule has 4 rings (SSSR count). The average molecular weight is 437 g/mol. The molecule has 2 aromatic rings. The predicted octanol–water partition coefficient (Wildman–Crippen LogP) is 3.43. The minimum absolute atomic E-state index is 0.0190. The topological polar surface area (TPSA) is 58.4 Å². The number of rotatable bonds is 7. The van der Waals surface area contributed by atoms with Crippen LogP contribution in [0.5, 0.6) is 0 Å². The summed E-state index contributed by atoms with van der Waals surface area (Å²) in [5.41, 5.74) is 3.01. The number of hydrogen-bond acceptors (Lipinski definition) is 4. The summed E-state index contributed by atoms with van der Waals surface area (Å²) < 4.78 is 1.26. The van der Waals surface area contributed by atoms with Gasteiger partial charge in [0.2, 0.25) is 0 Å². The lowest BCUT2D eigenvalue weighted by Crippen LogP contribution is -2.45. The SMILES string of the molecule is Cc1ccccc1CCN1CCC(CN(C(=O)c2ccc(=O)n(C)n2)C2CCCC2)CC1. The van der Waals surface area contributed by atoms with Crippen LogP contribution in [0.1, 0.15) is 60.1 Å².